The summed E-state index contributed by atoms with van der Waals surface area (Å²) in [5, 5.41) is 17.4. The smallest absolute Gasteiger partial charge is 0.230 e. The number of nitrogens with one attached hydrogen (secondary N) is 1. The van der Waals surface area contributed by atoms with Crippen molar-refractivity contribution in [2.45, 2.75) is 51.7 Å². The van der Waals surface area contributed by atoms with Crippen LogP contribution >= 0.6 is 0 Å². The lowest BCUT2D eigenvalue weighted by atomic mass is 9.82. The number of amides is 1. The monoisotopic (exact) mass is 314 g/mol. The normalized spacial score (nSPS) is 20.4. The molecular formula is C18H22N2O3. The summed E-state index contributed by atoms with van der Waals surface area (Å²) in [6.07, 6.45) is -0.0311. The molecule has 0 fully saturated rings. The van der Waals surface area contributed by atoms with Crippen molar-refractivity contribution in [3.8, 4) is 0 Å². The van der Waals surface area contributed by atoms with Gasteiger partial charge < -0.3 is 14.9 Å². The van der Waals surface area contributed by atoms with Crippen molar-refractivity contribution in [3.63, 3.8) is 0 Å². The highest BCUT2D eigenvalue weighted by molar-refractivity contribution is 5.88. The zero-order chi connectivity index (χ0) is 16.8. The Hall–Kier alpha value is -2.14. The number of aromatic nitrogens is 1. The number of aliphatic hydroxyl groups is 1. The summed E-state index contributed by atoms with van der Waals surface area (Å²) in [5.41, 5.74) is 2.73. The lowest BCUT2D eigenvalue weighted by Crippen LogP contribution is -2.47. The van der Waals surface area contributed by atoms with Gasteiger partial charge in [0.25, 0.3) is 0 Å². The molecule has 3 rings (SSSR count). The number of hydrogen-bond donors (Lipinski definition) is 2. The van der Waals surface area contributed by atoms with Crippen LogP contribution in [0.25, 0.3) is 0 Å². The molecule has 1 aliphatic rings. The van der Waals surface area contributed by atoms with E-state index in [2.05, 4.69) is 10.5 Å². The summed E-state index contributed by atoms with van der Waals surface area (Å²) < 4.78 is 5.19. The number of benzene rings is 1. The Morgan fingerprint density at radius 3 is 2.65 bits per heavy atom. The van der Waals surface area contributed by atoms with Gasteiger partial charge in [-0.2, -0.15) is 0 Å². The van der Waals surface area contributed by atoms with Gasteiger partial charge in [-0.25, -0.2) is 0 Å². The topological polar surface area (TPSA) is 75.4 Å². The highest BCUT2D eigenvalue weighted by atomic mass is 16.5. The molecule has 5 heteroatoms. The van der Waals surface area contributed by atoms with E-state index in [1.807, 2.05) is 52.0 Å². The van der Waals surface area contributed by atoms with E-state index in [0.29, 0.717) is 12.2 Å². The third-order valence-electron chi connectivity index (χ3n) is 4.74. The molecule has 0 saturated carbocycles. The van der Waals surface area contributed by atoms with Crippen molar-refractivity contribution in [1.82, 2.24) is 10.5 Å². The highest BCUT2D eigenvalue weighted by Crippen LogP contribution is 2.33. The van der Waals surface area contributed by atoms with Crippen LogP contribution in [-0.4, -0.2) is 22.2 Å². The maximum Gasteiger partial charge on any atom is 0.230 e. The van der Waals surface area contributed by atoms with E-state index >= 15 is 0 Å². The molecule has 23 heavy (non-hydrogen) atoms. The predicted molar refractivity (Wildman–Crippen MR) is 86.0 cm³/mol. The maximum absolute atomic E-state index is 12.8. The summed E-state index contributed by atoms with van der Waals surface area (Å²) >= 11 is 0. The molecule has 1 amide bonds. The number of aliphatic hydroxyl groups excluding tert-OH is 1. The number of carbonyl (C=O) groups excluding carboxylic acids is 1. The fraction of sp³-hybridized carbons (Fsp3) is 0.444. The van der Waals surface area contributed by atoms with Gasteiger partial charge in [0, 0.05) is 5.56 Å². The second-order valence-corrected chi connectivity index (χ2v) is 6.75. The third-order valence-corrected chi connectivity index (χ3v) is 4.74. The minimum Gasteiger partial charge on any atom is -0.386 e. The summed E-state index contributed by atoms with van der Waals surface area (Å²) in [7, 11) is 0. The molecule has 0 spiro atoms. The van der Waals surface area contributed by atoms with E-state index < -0.39 is 11.5 Å². The molecule has 2 N–H and O–H groups in total. The van der Waals surface area contributed by atoms with Gasteiger partial charge in [0.1, 0.15) is 5.76 Å². The maximum atomic E-state index is 12.8. The first-order valence-electron chi connectivity index (χ1n) is 7.82. The molecule has 5 nitrogen and oxygen atoms in total. The molecule has 0 unspecified atom stereocenters. The van der Waals surface area contributed by atoms with Crippen LogP contribution in [0.1, 0.15) is 48.1 Å². The Labute approximate surface area is 135 Å². The molecule has 2 atom stereocenters. The van der Waals surface area contributed by atoms with Crippen molar-refractivity contribution in [3.05, 3.63) is 52.4 Å². The minimum atomic E-state index is -0.775. The Morgan fingerprint density at radius 1 is 1.35 bits per heavy atom. The van der Waals surface area contributed by atoms with Gasteiger partial charge in [-0.1, -0.05) is 29.4 Å². The van der Waals surface area contributed by atoms with Gasteiger partial charge in [-0.05, 0) is 45.2 Å². The van der Waals surface area contributed by atoms with Crippen LogP contribution in [0.3, 0.4) is 0 Å². The van der Waals surface area contributed by atoms with Gasteiger partial charge in [0.05, 0.1) is 23.3 Å². The lowest BCUT2D eigenvalue weighted by Gasteiger charge is -2.27. The van der Waals surface area contributed by atoms with Crippen LogP contribution in [-0.2, 0) is 16.6 Å². The van der Waals surface area contributed by atoms with Gasteiger partial charge in [-0.3, -0.25) is 4.79 Å². The Kier molecular flexibility index (Phi) is 3.76. The molecule has 2 aromatic rings. The van der Waals surface area contributed by atoms with Gasteiger partial charge in [0.2, 0.25) is 5.91 Å². The van der Waals surface area contributed by atoms with Crippen molar-refractivity contribution in [1.29, 1.82) is 0 Å². The SMILES string of the molecule is Cc1noc(C)c1C(C)(C)C(=O)N[C@H]1Cc2ccccc2[C@H]1O. The molecule has 1 aromatic heterocycles. The molecule has 0 bridgehead atoms. The highest BCUT2D eigenvalue weighted by Gasteiger charge is 2.39. The number of carbonyl (C=O) groups is 1. The zero-order valence-corrected chi connectivity index (χ0v) is 13.9. The fourth-order valence-corrected chi connectivity index (χ4v) is 3.54. The standard InChI is InChI=1S/C18H22N2O3/c1-10-15(11(2)23-20-10)18(3,4)17(22)19-14-9-12-7-5-6-8-13(12)16(14)21/h5-8,14,16,21H,9H2,1-4H3,(H,19,22)/t14-,16+/m0/s1. The van der Waals surface area contributed by atoms with E-state index in [4.69, 9.17) is 4.52 Å². The molecular weight excluding hydrogens is 292 g/mol. The average Bonchev–Trinajstić information content (AvgIpc) is 3.00. The molecule has 1 aliphatic carbocycles. The van der Waals surface area contributed by atoms with E-state index in [-0.39, 0.29) is 11.9 Å². The third kappa shape index (κ3) is 2.55. The van der Waals surface area contributed by atoms with E-state index in [0.717, 1.165) is 22.4 Å². The molecule has 122 valence electrons. The van der Waals surface area contributed by atoms with Gasteiger partial charge in [0.15, 0.2) is 0 Å². The summed E-state index contributed by atoms with van der Waals surface area (Å²) in [6.45, 7) is 7.35. The first kappa shape index (κ1) is 15.7. The molecule has 1 aromatic carbocycles. The average molecular weight is 314 g/mol. The minimum absolute atomic E-state index is 0.135. The van der Waals surface area contributed by atoms with Crippen LogP contribution in [0.4, 0.5) is 0 Å². The first-order chi connectivity index (χ1) is 10.8. The predicted octanol–water partition coefficient (Wildman–Crippen LogP) is 2.34. The molecule has 1 heterocycles. The van der Waals surface area contributed by atoms with Crippen LogP contribution in [0.2, 0.25) is 0 Å². The number of hydrogen-bond acceptors (Lipinski definition) is 4. The summed E-state index contributed by atoms with van der Waals surface area (Å²) in [4.78, 5) is 12.8. The van der Waals surface area contributed by atoms with E-state index in [1.165, 1.54) is 0 Å². The van der Waals surface area contributed by atoms with Crippen LogP contribution in [0, 0.1) is 13.8 Å². The van der Waals surface area contributed by atoms with Crippen molar-refractivity contribution < 1.29 is 14.4 Å². The van der Waals surface area contributed by atoms with Crippen LogP contribution in [0.5, 0.6) is 0 Å². The number of rotatable bonds is 3. The largest absolute Gasteiger partial charge is 0.386 e. The molecule has 0 radical (unpaired) electrons. The van der Waals surface area contributed by atoms with E-state index in [1.54, 1.807) is 0 Å². The fourth-order valence-electron chi connectivity index (χ4n) is 3.54. The second kappa shape index (κ2) is 5.49. The quantitative estimate of drug-likeness (QED) is 0.912. The Bertz CT molecular complexity index is 729. The van der Waals surface area contributed by atoms with Crippen molar-refractivity contribution in [2.75, 3.05) is 0 Å². The number of nitrogens with zero attached hydrogens (tertiary/aromatic N) is 1. The zero-order valence-electron chi connectivity index (χ0n) is 13.9. The number of fused-ring (bicyclic) bond motifs is 1. The van der Waals surface area contributed by atoms with Crippen LogP contribution in [0.15, 0.2) is 28.8 Å². The molecule has 0 aliphatic heterocycles. The lowest BCUT2D eigenvalue weighted by molar-refractivity contribution is -0.127. The Morgan fingerprint density at radius 2 is 2.04 bits per heavy atom. The first-order valence-corrected chi connectivity index (χ1v) is 7.82. The summed E-state index contributed by atoms with van der Waals surface area (Å²) in [5.74, 6) is 0.515. The number of aryl methyl sites for hydroxylation is 2. The summed E-state index contributed by atoms with van der Waals surface area (Å²) in [6, 6.07) is 7.44. The van der Waals surface area contributed by atoms with Gasteiger partial charge in [-0.15, -0.1) is 0 Å². The van der Waals surface area contributed by atoms with Crippen molar-refractivity contribution >= 4 is 5.91 Å². The second-order valence-electron chi connectivity index (χ2n) is 6.75. The molecule has 0 saturated heterocycles. The van der Waals surface area contributed by atoms with Crippen LogP contribution < -0.4 is 5.32 Å². The Balaban J connectivity index is 1.80. The van der Waals surface area contributed by atoms with Gasteiger partial charge >= 0.3 is 0 Å². The van der Waals surface area contributed by atoms with Crippen molar-refractivity contribution in [2.24, 2.45) is 0 Å². The van der Waals surface area contributed by atoms with E-state index in [9.17, 15) is 9.90 Å².